The molecule has 0 aliphatic rings. The lowest BCUT2D eigenvalue weighted by atomic mass is 10.0. The number of urea groups is 1. The van der Waals surface area contributed by atoms with Gasteiger partial charge in [-0.15, -0.1) is 0 Å². The van der Waals surface area contributed by atoms with Crippen LogP contribution in [0, 0.1) is 0 Å². The zero-order valence-corrected chi connectivity index (χ0v) is 9.76. The number of carboxylic acids is 1. The molecule has 0 aliphatic heterocycles. The van der Waals surface area contributed by atoms with E-state index in [-0.39, 0.29) is 5.54 Å². The Labute approximate surface area is 90.2 Å². The molecule has 3 N–H and O–H groups in total. The SMILES string of the molecule is CC[C@H](NC(=O)NC(C)(C)CC)C(=O)O. The van der Waals surface area contributed by atoms with Crippen molar-refractivity contribution in [2.24, 2.45) is 0 Å². The number of carboxylic acid groups (broad SMARTS) is 1. The Balaban J connectivity index is 4.19. The van der Waals surface area contributed by atoms with Gasteiger partial charge in [0.15, 0.2) is 0 Å². The van der Waals surface area contributed by atoms with Crippen LogP contribution in [0.3, 0.4) is 0 Å². The third-order valence-electron chi connectivity index (χ3n) is 2.35. The van der Waals surface area contributed by atoms with Crippen molar-refractivity contribution in [1.29, 1.82) is 0 Å². The molecule has 0 rings (SSSR count). The monoisotopic (exact) mass is 216 g/mol. The van der Waals surface area contributed by atoms with E-state index in [9.17, 15) is 9.59 Å². The molecule has 0 heterocycles. The van der Waals surface area contributed by atoms with Crippen LogP contribution in [0.5, 0.6) is 0 Å². The Morgan fingerprint density at radius 1 is 1.33 bits per heavy atom. The summed E-state index contributed by atoms with van der Waals surface area (Å²) in [5, 5.41) is 13.9. The molecule has 0 aromatic rings. The fourth-order valence-corrected chi connectivity index (χ4v) is 0.928. The third kappa shape index (κ3) is 5.24. The number of nitrogens with one attached hydrogen (secondary N) is 2. The quantitative estimate of drug-likeness (QED) is 0.649. The molecular formula is C10H20N2O3. The summed E-state index contributed by atoms with van der Waals surface area (Å²) >= 11 is 0. The molecule has 0 unspecified atom stereocenters. The smallest absolute Gasteiger partial charge is 0.326 e. The fourth-order valence-electron chi connectivity index (χ4n) is 0.928. The molecule has 0 bridgehead atoms. The lowest BCUT2D eigenvalue weighted by molar-refractivity contribution is -0.139. The molecule has 0 saturated heterocycles. The molecular weight excluding hydrogens is 196 g/mol. The van der Waals surface area contributed by atoms with Gasteiger partial charge in [0.2, 0.25) is 0 Å². The van der Waals surface area contributed by atoms with Crippen molar-refractivity contribution in [2.75, 3.05) is 0 Å². The van der Waals surface area contributed by atoms with Gasteiger partial charge in [-0.1, -0.05) is 13.8 Å². The Morgan fingerprint density at radius 2 is 1.87 bits per heavy atom. The van der Waals surface area contributed by atoms with E-state index >= 15 is 0 Å². The highest BCUT2D eigenvalue weighted by molar-refractivity contribution is 5.82. The molecule has 15 heavy (non-hydrogen) atoms. The Morgan fingerprint density at radius 3 is 2.20 bits per heavy atom. The van der Waals surface area contributed by atoms with Crippen molar-refractivity contribution < 1.29 is 14.7 Å². The maximum absolute atomic E-state index is 11.4. The molecule has 88 valence electrons. The van der Waals surface area contributed by atoms with E-state index < -0.39 is 18.0 Å². The van der Waals surface area contributed by atoms with Gasteiger partial charge >= 0.3 is 12.0 Å². The van der Waals surface area contributed by atoms with E-state index in [1.807, 2.05) is 20.8 Å². The maximum Gasteiger partial charge on any atom is 0.326 e. The highest BCUT2D eigenvalue weighted by Gasteiger charge is 2.22. The molecule has 0 aromatic carbocycles. The molecule has 0 radical (unpaired) electrons. The second-order valence-corrected chi connectivity index (χ2v) is 4.13. The molecule has 5 heteroatoms. The molecule has 0 aliphatic carbocycles. The summed E-state index contributed by atoms with van der Waals surface area (Å²) < 4.78 is 0. The zero-order valence-electron chi connectivity index (χ0n) is 9.76. The van der Waals surface area contributed by atoms with Gasteiger partial charge in [0, 0.05) is 5.54 Å². The van der Waals surface area contributed by atoms with E-state index in [1.165, 1.54) is 0 Å². The normalized spacial score (nSPS) is 13.1. The molecule has 0 spiro atoms. The van der Waals surface area contributed by atoms with Crippen molar-refractivity contribution in [3.63, 3.8) is 0 Å². The van der Waals surface area contributed by atoms with Gasteiger partial charge in [0.1, 0.15) is 6.04 Å². The lowest BCUT2D eigenvalue weighted by Crippen LogP contribution is -2.52. The number of carbonyl (C=O) groups is 2. The molecule has 2 amide bonds. The minimum absolute atomic E-state index is 0.319. The van der Waals surface area contributed by atoms with Crippen molar-refractivity contribution in [1.82, 2.24) is 10.6 Å². The summed E-state index contributed by atoms with van der Waals surface area (Å²) in [5.74, 6) is -1.01. The summed E-state index contributed by atoms with van der Waals surface area (Å²) in [6.07, 6.45) is 1.15. The average molecular weight is 216 g/mol. The highest BCUT2D eigenvalue weighted by atomic mass is 16.4. The third-order valence-corrected chi connectivity index (χ3v) is 2.35. The minimum Gasteiger partial charge on any atom is -0.480 e. The number of rotatable bonds is 5. The van der Waals surface area contributed by atoms with E-state index in [1.54, 1.807) is 6.92 Å². The number of amides is 2. The molecule has 0 aromatic heterocycles. The first-order valence-corrected chi connectivity index (χ1v) is 5.14. The molecule has 1 atom stereocenters. The van der Waals surface area contributed by atoms with E-state index in [0.717, 1.165) is 6.42 Å². The Kier molecular flexibility index (Phi) is 5.11. The standard InChI is InChI=1S/C10H20N2O3/c1-5-7(8(13)14)11-9(15)12-10(3,4)6-2/h7H,5-6H2,1-4H3,(H,13,14)(H2,11,12,15)/t7-/m0/s1. The summed E-state index contributed by atoms with van der Waals surface area (Å²) in [5.41, 5.74) is -0.319. The fraction of sp³-hybridized carbons (Fsp3) is 0.800. The number of hydrogen-bond acceptors (Lipinski definition) is 2. The Bertz CT molecular complexity index is 239. The van der Waals surface area contributed by atoms with Crippen LogP contribution in [0.1, 0.15) is 40.5 Å². The number of carbonyl (C=O) groups excluding carboxylic acids is 1. The summed E-state index contributed by atoms with van der Waals surface area (Å²) in [6, 6.07) is -1.26. The van der Waals surface area contributed by atoms with Crippen LogP contribution in [0.4, 0.5) is 4.79 Å². The van der Waals surface area contributed by atoms with E-state index in [2.05, 4.69) is 10.6 Å². The number of aliphatic carboxylic acids is 1. The summed E-state index contributed by atoms with van der Waals surface area (Å²) in [7, 11) is 0. The molecule has 5 nitrogen and oxygen atoms in total. The van der Waals surface area contributed by atoms with Gasteiger partial charge in [-0.25, -0.2) is 9.59 Å². The highest BCUT2D eigenvalue weighted by Crippen LogP contribution is 2.06. The van der Waals surface area contributed by atoms with Crippen molar-refractivity contribution in [3.05, 3.63) is 0 Å². The minimum atomic E-state index is -1.01. The van der Waals surface area contributed by atoms with E-state index in [0.29, 0.717) is 6.42 Å². The second kappa shape index (κ2) is 5.58. The van der Waals surface area contributed by atoms with Gasteiger partial charge in [-0.05, 0) is 26.7 Å². The molecule has 0 saturated carbocycles. The van der Waals surface area contributed by atoms with Gasteiger partial charge in [0.05, 0.1) is 0 Å². The predicted octanol–water partition coefficient (Wildman–Crippen LogP) is 1.34. The molecule has 0 fully saturated rings. The summed E-state index contributed by atoms with van der Waals surface area (Å²) in [6.45, 7) is 7.43. The van der Waals surface area contributed by atoms with Crippen molar-refractivity contribution in [2.45, 2.75) is 52.1 Å². The van der Waals surface area contributed by atoms with Gasteiger partial charge < -0.3 is 15.7 Å². The predicted molar refractivity (Wildman–Crippen MR) is 57.8 cm³/mol. The average Bonchev–Trinajstić information content (AvgIpc) is 2.13. The first-order valence-electron chi connectivity index (χ1n) is 5.14. The van der Waals surface area contributed by atoms with Crippen LogP contribution in [0.25, 0.3) is 0 Å². The van der Waals surface area contributed by atoms with Crippen LogP contribution in [0.2, 0.25) is 0 Å². The van der Waals surface area contributed by atoms with Crippen LogP contribution in [-0.2, 0) is 4.79 Å². The zero-order chi connectivity index (χ0) is 12.1. The first-order chi connectivity index (χ1) is 6.82. The Hall–Kier alpha value is -1.26. The first kappa shape index (κ1) is 13.7. The number of hydrogen-bond donors (Lipinski definition) is 3. The maximum atomic E-state index is 11.4. The van der Waals surface area contributed by atoms with Gasteiger partial charge in [0.25, 0.3) is 0 Å². The van der Waals surface area contributed by atoms with Crippen LogP contribution in [-0.4, -0.2) is 28.7 Å². The van der Waals surface area contributed by atoms with Crippen molar-refractivity contribution in [3.8, 4) is 0 Å². The lowest BCUT2D eigenvalue weighted by Gasteiger charge is -2.25. The second-order valence-electron chi connectivity index (χ2n) is 4.13. The van der Waals surface area contributed by atoms with Crippen LogP contribution >= 0.6 is 0 Å². The summed E-state index contributed by atoms with van der Waals surface area (Å²) in [4.78, 5) is 22.1. The van der Waals surface area contributed by atoms with Crippen LogP contribution in [0.15, 0.2) is 0 Å². The van der Waals surface area contributed by atoms with E-state index in [4.69, 9.17) is 5.11 Å². The largest absolute Gasteiger partial charge is 0.480 e. The van der Waals surface area contributed by atoms with Gasteiger partial charge in [-0.3, -0.25) is 0 Å². The van der Waals surface area contributed by atoms with Gasteiger partial charge in [-0.2, -0.15) is 0 Å². The van der Waals surface area contributed by atoms with Crippen LogP contribution < -0.4 is 10.6 Å². The van der Waals surface area contributed by atoms with Crippen molar-refractivity contribution >= 4 is 12.0 Å². The topological polar surface area (TPSA) is 78.4 Å².